The highest BCUT2D eigenvalue weighted by atomic mass is 32.1. The molecule has 118 valence electrons. The van der Waals surface area contributed by atoms with Crippen LogP contribution in [-0.2, 0) is 4.79 Å². The summed E-state index contributed by atoms with van der Waals surface area (Å²) < 4.78 is 1.23. The van der Waals surface area contributed by atoms with Crippen molar-refractivity contribution in [3.05, 3.63) is 24.3 Å². The standard InChI is InChI=1S/C16H22N4OS/c1-12(15(21)18(2)3)19-8-10-20(11-9-19)16-17-13-6-4-5-7-14(13)22-16/h4-7,12H,8-11H2,1-3H3. The summed E-state index contributed by atoms with van der Waals surface area (Å²) in [5, 5.41) is 1.09. The number of piperazine rings is 1. The van der Waals surface area contributed by atoms with Crippen LogP contribution >= 0.6 is 11.3 Å². The Bertz CT molecular complexity index is 628. The van der Waals surface area contributed by atoms with Gasteiger partial charge in [-0.2, -0.15) is 0 Å². The van der Waals surface area contributed by atoms with Gasteiger partial charge in [-0.1, -0.05) is 23.5 Å². The largest absolute Gasteiger partial charge is 0.347 e. The lowest BCUT2D eigenvalue weighted by Gasteiger charge is -2.37. The molecule has 22 heavy (non-hydrogen) atoms. The van der Waals surface area contributed by atoms with Gasteiger partial charge in [-0.15, -0.1) is 0 Å². The van der Waals surface area contributed by atoms with Gasteiger partial charge in [0.1, 0.15) is 0 Å². The van der Waals surface area contributed by atoms with E-state index < -0.39 is 0 Å². The fraction of sp³-hybridized carbons (Fsp3) is 0.500. The van der Waals surface area contributed by atoms with Crippen molar-refractivity contribution in [1.82, 2.24) is 14.8 Å². The first-order valence-corrected chi connectivity index (χ1v) is 8.43. The van der Waals surface area contributed by atoms with E-state index in [9.17, 15) is 4.79 Å². The van der Waals surface area contributed by atoms with E-state index in [0.717, 1.165) is 36.8 Å². The summed E-state index contributed by atoms with van der Waals surface area (Å²) in [4.78, 5) is 23.0. The molecule has 0 aliphatic carbocycles. The summed E-state index contributed by atoms with van der Waals surface area (Å²) in [5.74, 6) is 0.174. The normalized spacial score (nSPS) is 17.7. The molecule has 6 heteroatoms. The van der Waals surface area contributed by atoms with Crippen LogP contribution in [0.1, 0.15) is 6.92 Å². The van der Waals surface area contributed by atoms with Crippen LogP contribution in [0.3, 0.4) is 0 Å². The topological polar surface area (TPSA) is 39.7 Å². The summed E-state index contributed by atoms with van der Waals surface area (Å²) in [6.07, 6.45) is 0. The molecule has 1 fully saturated rings. The number of nitrogens with zero attached hydrogens (tertiary/aromatic N) is 4. The van der Waals surface area contributed by atoms with E-state index in [1.807, 2.05) is 27.1 Å². The van der Waals surface area contributed by atoms with Crippen LogP contribution < -0.4 is 4.90 Å². The van der Waals surface area contributed by atoms with Crippen LogP contribution in [-0.4, -0.2) is 67.0 Å². The minimum absolute atomic E-state index is 0.0486. The third kappa shape index (κ3) is 2.94. The first-order chi connectivity index (χ1) is 10.6. The molecule has 2 aromatic rings. The smallest absolute Gasteiger partial charge is 0.239 e. The van der Waals surface area contributed by atoms with E-state index in [0.29, 0.717) is 0 Å². The Balaban J connectivity index is 1.65. The number of aromatic nitrogens is 1. The molecule has 0 bridgehead atoms. The highest BCUT2D eigenvalue weighted by Gasteiger charge is 2.27. The van der Waals surface area contributed by atoms with Gasteiger partial charge < -0.3 is 9.80 Å². The van der Waals surface area contributed by atoms with E-state index in [1.54, 1.807) is 16.2 Å². The van der Waals surface area contributed by atoms with Crippen molar-refractivity contribution < 1.29 is 4.79 Å². The first kappa shape index (κ1) is 15.2. The average molecular weight is 318 g/mol. The summed E-state index contributed by atoms with van der Waals surface area (Å²) in [6, 6.07) is 8.20. The van der Waals surface area contributed by atoms with Crippen molar-refractivity contribution >= 4 is 32.6 Å². The van der Waals surface area contributed by atoms with Crippen molar-refractivity contribution in [3.8, 4) is 0 Å². The summed E-state index contributed by atoms with van der Waals surface area (Å²) in [7, 11) is 3.63. The van der Waals surface area contributed by atoms with E-state index in [1.165, 1.54) is 4.70 Å². The fourth-order valence-electron chi connectivity index (χ4n) is 2.83. The van der Waals surface area contributed by atoms with Gasteiger partial charge in [-0.05, 0) is 19.1 Å². The predicted molar refractivity (Wildman–Crippen MR) is 91.6 cm³/mol. The van der Waals surface area contributed by atoms with Gasteiger partial charge >= 0.3 is 0 Å². The fourth-order valence-corrected chi connectivity index (χ4v) is 3.84. The number of likely N-dealkylation sites (N-methyl/N-ethyl adjacent to an activating group) is 1. The van der Waals surface area contributed by atoms with E-state index >= 15 is 0 Å². The molecule has 0 spiro atoms. The monoisotopic (exact) mass is 318 g/mol. The molecule has 1 aromatic carbocycles. The summed E-state index contributed by atoms with van der Waals surface area (Å²) in [5.41, 5.74) is 1.07. The predicted octanol–water partition coefficient (Wildman–Crippen LogP) is 1.89. The number of anilines is 1. The average Bonchev–Trinajstić information content (AvgIpc) is 2.97. The van der Waals surface area contributed by atoms with Gasteiger partial charge in [0.25, 0.3) is 0 Å². The van der Waals surface area contributed by atoms with Gasteiger partial charge in [-0.3, -0.25) is 9.69 Å². The zero-order valence-electron chi connectivity index (χ0n) is 13.3. The van der Waals surface area contributed by atoms with Gasteiger partial charge in [0.05, 0.1) is 16.3 Å². The molecule has 1 aliphatic rings. The first-order valence-electron chi connectivity index (χ1n) is 7.62. The van der Waals surface area contributed by atoms with Gasteiger partial charge in [0.15, 0.2) is 5.13 Å². The molecule has 0 radical (unpaired) electrons. The molecule has 3 rings (SSSR count). The van der Waals surface area contributed by atoms with Crippen molar-refractivity contribution in [3.63, 3.8) is 0 Å². The molecule has 1 unspecified atom stereocenters. The van der Waals surface area contributed by atoms with Crippen LogP contribution in [0.15, 0.2) is 24.3 Å². The maximum atomic E-state index is 12.1. The lowest BCUT2D eigenvalue weighted by Crippen LogP contribution is -2.53. The molecule has 0 N–H and O–H groups in total. The Labute approximate surface area is 135 Å². The number of para-hydroxylation sites is 1. The van der Waals surface area contributed by atoms with E-state index in [-0.39, 0.29) is 11.9 Å². The maximum absolute atomic E-state index is 12.1. The minimum atomic E-state index is -0.0486. The second-order valence-electron chi connectivity index (χ2n) is 5.90. The van der Waals surface area contributed by atoms with Crippen molar-refractivity contribution in [2.24, 2.45) is 0 Å². The van der Waals surface area contributed by atoms with Crippen molar-refractivity contribution in [2.45, 2.75) is 13.0 Å². The quantitative estimate of drug-likeness (QED) is 0.866. The molecular weight excluding hydrogens is 296 g/mol. The number of hydrogen-bond donors (Lipinski definition) is 0. The van der Waals surface area contributed by atoms with Crippen LogP contribution in [0.5, 0.6) is 0 Å². The van der Waals surface area contributed by atoms with Crippen LogP contribution in [0.2, 0.25) is 0 Å². The number of fused-ring (bicyclic) bond motifs is 1. The van der Waals surface area contributed by atoms with Gasteiger partial charge in [0.2, 0.25) is 5.91 Å². The highest BCUT2D eigenvalue weighted by molar-refractivity contribution is 7.22. The van der Waals surface area contributed by atoms with Crippen molar-refractivity contribution in [1.29, 1.82) is 0 Å². The molecule has 0 saturated carbocycles. The molecule has 5 nitrogen and oxygen atoms in total. The number of carbonyl (C=O) groups excluding carboxylic acids is 1. The number of thiazole rings is 1. The Morgan fingerprint density at radius 2 is 1.91 bits per heavy atom. The number of amides is 1. The van der Waals surface area contributed by atoms with Crippen LogP contribution in [0.4, 0.5) is 5.13 Å². The number of benzene rings is 1. The molecule has 1 saturated heterocycles. The van der Waals surface area contributed by atoms with Gasteiger partial charge in [0, 0.05) is 40.3 Å². The molecule has 1 amide bonds. The molecule has 1 aromatic heterocycles. The lowest BCUT2D eigenvalue weighted by atomic mass is 10.2. The highest BCUT2D eigenvalue weighted by Crippen LogP contribution is 2.29. The van der Waals surface area contributed by atoms with Gasteiger partial charge in [-0.25, -0.2) is 4.98 Å². The molecule has 2 heterocycles. The summed E-state index contributed by atoms with van der Waals surface area (Å²) >= 11 is 1.75. The third-order valence-corrected chi connectivity index (χ3v) is 5.31. The second-order valence-corrected chi connectivity index (χ2v) is 6.90. The Morgan fingerprint density at radius 3 is 2.55 bits per heavy atom. The van der Waals surface area contributed by atoms with E-state index in [4.69, 9.17) is 4.98 Å². The number of carbonyl (C=O) groups is 1. The molecule has 1 aliphatic heterocycles. The second kappa shape index (κ2) is 6.22. The Morgan fingerprint density at radius 1 is 1.23 bits per heavy atom. The molecular formula is C16H22N4OS. The van der Waals surface area contributed by atoms with Crippen molar-refractivity contribution in [2.75, 3.05) is 45.2 Å². The van der Waals surface area contributed by atoms with Crippen LogP contribution in [0.25, 0.3) is 10.2 Å². The molecule has 1 atom stereocenters. The van der Waals surface area contributed by atoms with Crippen LogP contribution in [0, 0.1) is 0 Å². The summed E-state index contributed by atoms with van der Waals surface area (Å²) in [6.45, 7) is 5.64. The Hall–Kier alpha value is -1.66. The number of rotatable bonds is 3. The maximum Gasteiger partial charge on any atom is 0.239 e. The zero-order valence-corrected chi connectivity index (χ0v) is 14.1. The zero-order chi connectivity index (χ0) is 15.7. The minimum Gasteiger partial charge on any atom is -0.347 e. The SMILES string of the molecule is CC(C(=O)N(C)C)N1CCN(c2nc3ccccc3s2)CC1. The number of hydrogen-bond acceptors (Lipinski definition) is 5. The Kier molecular flexibility index (Phi) is 4.31. The third-order valence-electron chi connectivity index (χ3n) is 4.21. The van der Waals surface area contributed by atoms with E-state index in [2.05, 4.69) is 28.0 Å². The lowest BCUT2D eigenvalue weighted by molar-refractivity contribution is -0.133.